The third kappa shape index (κ3) is 8.32. The summed E-state index contributed by atoms with van der Waals surface area (Å²) in [5, 5.41) is 2.62. The number of halogens is 1. The molecule has 1 aliphatic rings. The van der Waals surface area contributed by atoms with E-state index in [-0.39, 0.29) is 30.6 Å². The fourth-order valence-corrected chi connectivity index (χ4v) is 5.21. The van der Waals surface area contributed by atoms with Crippen LogP contribution >= 0.6 is 11.8 Å². The summed E-state index contributed by atoms with van der Waals surface area (Å²) in [6.45, 7) is 3.12. The molecule has 40 heavy (non-hydrogen) atoms. The first-order valence-electron chi connectivity index (χ1n) is 13.4. The number of rotatable bonds is 12. The van der Waals surface area contributed by atoms with Crippen molar-refractivity contribution in [3.05, 3.63) is 84.2 Å². The van der Waals surface area contributed by atoms with Crippen LogP contribution in [0.4, 0.5) is 15.8 Å². The van der Waals surface area contributed by atoms with Gasteiger partial charge >= 0.3 is 0 Å². The van der Waals surface area contributed by atoms with E-state index < -0.39 is 5.25 Å². The van der Waals surface area contributed by atoms with Crippen LogP contribution in [0.1, 0.15) is 44.6 Å². The van der Waals surface area contributed by atoms with Gasteiger partial charge in [-0.1, -0.05) is 50.1 Å². The number of ether oxygens (including phenoxy) is 2. The summed E-state index contributed by atoms with van der Waals surface area (Å²) < 4.78 is 24.5. The predicted molar refractivity (Wildman–Crippen MR) is 158 cm³/mol. The molecule has 3 aromatic rings. The molecule has 0 bridgehead atoms. The molecule has 0 aliphatic carbocycles. The van der Waals surface area contributed by atoms with Crippen molar-refractivity contribution in [1.82, 2.24) is 4.90 Å². The van der Waals surface area contributed by atoms with E-state index in [9.17, 15) is 14.0 Å². The van der Waals surface area contributed by atoms with Gasteiger partial charge in [-0.2, -0.15) is 0 Å². The minimum Gasteiger partial charge on any atom is -0.497 e. The zero-order chi connectivity index (χ0) is 28.3. The summed E-state index contributed by atoms with van der Waals surface area (Å²) >= 11 is 1.22. The van der Waals surface area contributed by atoms with Gasteiger partial charge in [-0.25, -0.2) is 9.38 Å². The van der Waals surface area contributed by atoms with Gasteiger partial charge < -0.3 is 14.8 Å². The van der Waals surface area contributed by atoms with Gasteiger partial charge in [0.25, 0.3) is 0 Å². The quantitative estimate of drug-likeness (QED) is 0.241. The average molecular weight is 564 g/mol. The van der Waals surface area contributed by atoms with Crippen LogP contribution in [-0.2, 0) is 16.1 Å². The molecule has 4 rings (SSSR count). The van der Waals surface area contributed by atoms with E-state index in [0.717, 1.165) is 24.2 Å². The lowest BCUT2D eigenvalue weighted by Gasteiger charge is -2.32. The molecule has 1 aliphatic heterocycles. The van der Waals surface area contributed by atoms with Gasteiger partial charge in [-0.05, 0) is 72.6 Å². The molecule has 7 nitrogen and oxygen atoms in total. The van der Waals surface area contributed by atoms with E-state index in [1.165, 1.54) is 48.9 Å². The summed E-state index contributed by atoms with van der Waals surface area (Å²) in [4.78, 5) is 32.7. The highest BCUT2D eigenvalue weighted by Crippen LogP contribution is 2.31. The van der Waals surface area contributed by atoms with Crippen LogP contribution in [0.5, 0.6) is 11.5 Å². The molecular formula is C31H34FN3O4S. The van der Waals surface area contributed by atoms with Crippen molar-refractivity contribution in [2.75, 3.05) is 19.0 Å². The molecule has 3 aromatic carbocycles. The molecule has 9 heteroatoms. The van der Waals surface area contributed by atoms with Gasteiger partial charge in [-0.15, -0.1) is 0 Å². The number of amidine groups is 1. The van der Waals surface area contributed by atoms with Crippen LogP contribution < -0.4 is 14.8 Å². The van der Waals surface area contributed by atoms with E-state index >= 15 is 0 Å². The lowest BCUT2D eigenvalue weighted by Crippen LogP contribution is -2.44. The van der Waals surface area contributed by atoms with Gasteiger partial charge in [0.2, 0.25) is 11.8 Å². The van der Waals surface area contributed by atoms with Gasteiger partial charge in [-0.3, -0.25) is 14.5 Å². The number of nitrogens with one attached hydrogen (secondary N) is 1. The summed E-state index contributed by atoms with van der Waals surface area (Å²) in [6.07, 6.45) is 4.56. The normalized spacial score (nSPS) is 16.2. The van der Waals surface area contributed by atoms with Crippen molar-refractivity contribution < 1.29 is 23.5 Å². The predicted octanol–water partition coefficient (Wildman–Crippen LogP) is 6.95. The van der Waals surface area contributed by atoms with Crippen LogP contribution in [0.2, 0.25) is 0 Å². The zero-order valence-corrected chi connectivity index (χ0v) is 23.6. The monoisotopic (exact) mass is 563 g/mol. The third-order valence-electron chi connectivity index (χ3n) is 6.37. The fraction of sp³-hybridized carbons (Fsp3) is 0.323. The number of unbranched alkanes of at least 4 members (excludes halogenated alkanes) is 3. The Morgan fingerprint density at radius 1 is 1.00 bits per heavy atom. The largest absolute Gasteiger partial charge is 0.497 e. The summed E-state index contributed by atoms with van der Waals surface area (Å²) in [5.74, 6) is 0.577. The molecule has 210 valence electrons. The van der Waals surface area contributed by atoms with Crippen LogP contribution in [0.3, 0.4) is 0 Å². The molecule has 0 radical (unpaired) electrons. The standard InChI is InChI=1S/C31H34FN3O4S/c1-3-4-5-6-19-39-27-17-13-24(14-18-27)33-30(37)28-20-29(36)35(21-22-7-15-26(38-2)16-8-22)31(40-28)34-25-11-9-23(32)10-12-25/h7-18,28H,3-6,19-21H2,1-2H3,(H,33,37). The first-order chi connectivity index (χ1) is 19.4. The number of benzene rings is 3. The maximum absolute atomic E-state index is 13.5. The first kappa shape index (κ1) is 29.1. The van der Waals surface area contributed by atoms with Gasteiger partial charge in [0, 0.05) is 12.1 Å². The van der Waals surface area contributed by atoms with E-state index in [2.05, 4.69) is 17.2 Å². The smallest absolute Gasteiger partial charge is 0.238 e. The average Bonchev–Trinajstić information content (AvgIpc) is 2.97. The minimum absolute atomic E-state index is 0.0219. The number of amides is 2. The van der Waals surface area contributed by atoms with Crippen LogP contribution in [0.25, 0.3) is 0 Å². The number of thioether (sulfide) groups is 1. The van der Waals surface area contributed by atoms with Crippen molar-refractivity contribution in [2.45, 2.75) is 50.8 Å². The lowest BCUT2D eigenvalue weighted by molar-refractivity contribution is -0.129. The fourth-order valence-electron chi connectivity index (χ4n) is 4.11. The van der Waals surface area contributed by atoms with E-state index in [1.807, 2.05) is 36.4 Å². The first-order valence-corrected chi connectivity index (χ1v) is 14.3. The maximum atomic E-state index is 13.5. The molecule has 1 N–H and O–H groups in total. The maximum Gasteiger partial charge on any atom is 0.238 e. The molecule has 0 spiro atoms. The van der Waals surface area contributed by atoms with Crippen LogP contribution in [0.15, 0.2) is 77.8 Å². The van der Waals surface area contributed by atoms with E-state index in [0.29, 0.717) is 28.9 Å². The molecule has 1 atom stereocenters. The van der Waals surface area contributed by atoms with Gasteiger partial charge in [0.05, 0.1) is 25.9 Å². The van der Waals surface area contributed by atoms with Gasteiger partial charge in [0.1, 0.15) is 22.6 Å². The van der Waals surface area contributed by atoms with Crippen molar-refractivity contribution in [3.63, 3.8) is 0 Å². The number of aliphatic imine (C=N–C) groups is 1. The highest BCUT2D eigenvalue weighted by atomic mass is 32.2. The second kappa shape index (κ2) is 14.5. The van der Waals surface area contributed by atoms with E-state index in [1.54, 1.807) is 24.1 Å². The third-order valence-corrected chi connectivity index (χ3v) is 7.56. The molecule has 0 saturated carbocycles. The minimum atomic E-state index is -0.673. The molecule has 0 aromatic heterocycles. The van der Waals surface area contributed by atoms with Crippen molar-refractivity contribution in [3.8, 4) is 11.5 Å². The number of methoxy groups -OCH3 is 1. The zero-order valence-electron chi connectivity index (χ0n) is 22.8. The highest BCUT2D eigenvalue weighted by molar-refractivity contribution is 8.15. The second-order valence-corrected chi connectivity index (χ2v) is 10.6. The number of anilines is 1. The number of carbonyl (C=O) groups is 2. The highest BCUT2D eigenvalue weighted by Gasteiger charge is 2.36. The summed E-state index contributed by atoms with van der Waals surface area (Å²) in [7, 11) is 1.59. The Labute approximate surface area is 238 Å². The SMILES string of the molecule is CCCCCCOc1ccc(NC(=O)C2CC(=O)N(Cc3ccc(OC)cc3)C(=Nc3ccc(F)cc3)S2)cc1. The Morgan fingerprint density at radius 3 is 2.38 bits per heavy atom. The molecule has 1 saturated heterocycles. The second-order valence-electron chi connectivity index (χ2n) is 9.43. The molecular weight excluding hydrogens is 529 g/mol. The number of carbonyl (C=O) groups excluding carboxylic acids is 2. The van der Waals surface area contributed by atoms with Gasteiger partial charge in [0.15, 0.2) is 5.17 Å². The molecule has 1 unspecified atom stereocenters. The van der Waals surface area contributed by atoms with E-state index in [4.69, 9.17) is 9.47 Å². The number of hydrogen-bond donors (Lipinski definition) is 1. The number of nitrogens with zero attached hydrogens (tertiary/aromatic N) is 2. The Kier molecular flexibility index (Phi) is 10.6. The van der Waals surface area contributed by atoms with Crippen LogP contribution in [-0.4, -0.2) is 40.8 Å². The Balaban J connectivity index is 1.44. The van der Waals surface area contributed by atoms with Crippen molar-refractivity contribution in [1.29, 1.82) is 0 Å². The van der Waals surface area contributed by atoms with Crippen molar-refractivity contribution >= 4 is 40.1 Å². The number of hydrogen-bond acceptors (Lipinski definition) is 6. The molecule has 1 fully saturated rings. The Bertz CT molecular complexity index is 1300. The Morgan fingerprint density at radius 2 is 1.70 bits per heavy atom. The van der Waals surface area contributed by atoms with Crippen LogP contribution in [0, 0.1) is 5.82 Å². The molecule has 1 heterocycles. The lowest BCUT2D eigenvalue weighted by atomic mass is 10.2. The molecule has 2 amide bonds. The summed E-state index contributed by atoms with van der Waals surface area (Å²) in [6, 6.07) is 20.3. The Hall–Kier alpha value is -3.85. The summed E-state index contributed by atoms with van der Waals surface area (Å²) in [5.41, 5.74) is 1.99. The topological polar surface area (TPSA) is 80.2 Å². The van der Waals surface area contributed by atoms with Crippen molar-refractivity contribution in [2.24, 2.45) is 4.99 Å².